The lowest BCUT2D eigenvalue weighted by Crippen LogP contribution is -2.36. The van der Waals surface area contributed by atoms with Gasteiger partial charge in [-0.15, -0.1) is 6.42 Å². The number of hydrogen-bond acceptors (Lipinski definition) is 3. The van der Waals surface area contributed by atoms with E-state index in [9.17, 15) is 17.6 Å². The minimum Gasteiger partial charge on any atom is -0.323 e. The highest BCUT2D eigenvalue weighted by molar-refractivity contribution is 7.89. The Morgan fingerprint density at radius 2 is 1.79 bits per heavy atom. The Bertz CT molecular complexity index is 1010. The standard InChI is InChI=1S/C22H23FN2O3S/c1-2-13-24(17-18-9-11-20(23)12-10-18)22(26)19-7-6-8-21(16-19)29(27,28)25-14-4-3-5-15-25/h1,6-12,16H,3-5,13-15,17H2. The summed E-state index contributed by atoms with van der Waals surface area (Å²) in [5.74, 6) is 1.72. The number of piperidine rings is 1. The SMILES string of the molecule is C#CCN(Cc1ccc(F)cc1)C(=O)c1cccc(S(=O)(=O)N2CCCCC2)c1. The van der Waals surface area contributed by atoms with Gasteiger partial charge < -0.3 is 4.90 Å². The Hall–Kier alpha value is -2.69. The number of rotatable bonds is 6. The zero-order chi connectivity index (χ0) is 20.9. The minimum absolute atomic E-state index is 0.0549. The van der Waals surface area contributed by atoms with Crippen LogP contribution in [0.5, 0.6) is 0 Å². The van der Waals surface area contributed by atoms with Gasteiger partial charge in [0.2, 0.25) is 10.0 Å². The van der Waals surface area contributed by atoms with Crippen LogP contribution in [0.4, 0.5) is 4.39 Å². The van der Waals surface area contributed by atoms with Crippen LogP contribution in [0.15, 0.2) is 53.4 Å². The normalized spacial score (nSPS) is 14.9. The van der Waals surface area contributed by atoms with E-state index in [-0.39, 0.29) is 35.3 Å². The summed E-state index contributed by atoms with van der Waals surface area (Å²) in [5.41, 5.74) is 0.979. The summed E-state index contributed by atoms with van der Waals surface area (Å²) >= 11 is 0. The number of sulfonamides is 1. The van der Waals surface area contributed by atoms with Crippen LogP contribution in [-0.4, -0.2) is 43.2 Å². The molecule has 1 heterocycles. The van der Waals surface area contributed by atoms with E-state index in [1.807, 2.05) is 0 Å². The summed E-state index contributed by atoms with van der Waals surface area (Å²) < 4.78 is 40.4. The molecule has 1 amide bonds. The fourth-order valence-electron chi connectivity index (χ4n) is 3.35. The third kappa shape index (κ3) is 5.03. The molecule has 0 aliphatic carbocycles. The van der Waals surface area contributed by atoms with E-state index in [2.05, 4.69) is 5.92 Å². The summed E-state index contributed by atoms with van der Waals surface area (Å²) in [6.07, 6.45) is 8.11. The van der Waals surface area contributed by atoms with Crippen LogP contribution < -0.4 is 0 Å². The van der Waals surface area contributed by atoms with Gasteiger partial charge in [-0.2, -0.15) is 4.31 Å². The van der Waals surface area contributed by atoms with Gasteiger partial charge in [0, 0.05) is 25.2 Å². The minimum atomic E-state index is -3.64. The van der Waals surface area contributed by atoms with Crippen molar-refractivity contribution in [3.05, 3.63) is 65.5 Å². The molecule has 0 bridgehead atoms. The van der Waals surface area contributed by atoms with Crippen LogP contribution in [0.1, 0.15) is 35.2 Å². The van der Waals surface area contributed by atoms with Crippen molar-refractivity contribution in [2.45, 2.75) is 30.7 Å². The third-order valence-corrected chi connectivity index (χ3v) is 6.78. The van der Waals surface area contributed by atoms with Crippen LogP contribution in [0.25, 0.3) is 0 Å². The number of nitrogens with zero attached hydrogens (tertiary/aromatic N) is 2. The molecule has 0 saturated carbocycles. The molecular weight excluding hydrogens is 391 g/mol. The zero-order valence-corrected chi connectivity index (χ0v) is 16.9. The van der Waals surface area contributed by atoms with E-state index in [1.165, 1.54) is 33.5 Å². The van der Waals surface area contributed by atoms with Gasteiger partial charge in [0.15, 0.2) is 0 Å². The second kappa shape index (κ2) is 9.21. The Morgan fingerprint density at radius 3 is 2.45 bits per heavy atom. The monoisotopic (exact) mass is 414 g/mol. The van der Waals surface area contributed by atoms with Crippen LogP contribution in [0.2, 0.25) is 0 Å². The van der Waals surface area contributed by atoms with Gasteiger partial charge in [0.05, 0.1) is 11.4 Å². The van der Waals surface area contributed by atoms with Crippen LogP contribution >= 0.6 is 0 Å². The van der Waals surface area contributed by atoms with Crippen molar-refractivity contribution in [2.75, 3.05) is 19.6 Å². The molecule has 2 aromatic carbocycles. The fraction of sp³-hybridized carbons (Fsp3) is 0.318. The molecule has 1 fully saturated rings. The van der Waals surface area contributed by atoms with Crippen molar-refractivity contribution in [3.63, 3.8) is 0 Å². The molecule has 1 aliphatic heterocycles. The first-order valence-corrected chi connectivity index (χ1v) is 10.9. The Kier molecular flexibility index (Phi) is 6.68. The molecule has 3 rings (SSSR count). The number of terminal acetylenes is 1. The zero-order valence-electron chi connectivity index (χ0n) is 16.1. The van der Waals surface area contributed by atoms with E-state index in [4.69, 9.17) is 6.42 Å². The summed E-state index contributed by atoms with van der Waals surface area (Å²) in [4.78, 5) is 14.5. The van der Waals surface area contributed by atoms with Crippen LogP contribution in [-0.2, 0) is 16.6 Å². The predicted octanol–water partition coefficient (Wildman–Crippen LogP) is 3.28. The van der Waals surface area contributed by atoms with Crippen molar-refractivity contribution < 1.29 is 17.6 Å². The van der Waals surface area contributed by atoms with Gasteiger partial charge in [-0.3, -0.25) is 4.79 Å². The van der Waals surface area contributed by atoms with Crippen molar-refractivity contribution in [2.24, 2.45) is 0 Å². The van der Waals surface area contributed by atoms with Gasteiger partial charge in [0.25, 0.3) is 5.91 Å². The quantitative estimate of drug-likeness (QED) is 0.682. The Morgan fingerprint density at radius 1 is 1.10 bits per heavy atom. The molecule has 152 valence electrons. The molecule has 2 aromatic rings. The van der Waals surface area contributed by atoms with Crippen molar-refractivity contribution in [3.8, 4) is 12.3 Å². The fourth-order valence-corrected chi connectivity index (χ4v) is 4.91. The first-order valence-electron chi connectivity index (χ1n) is 9.49. The van der Waals surface area contributed by atoms with Crippen LogP contribution in [0, 0.1) is 18.2 Å². The number of amides is 1. The van der Waals surface area contributed by atoms with E-state index < -0.39 is 10.0 Å². The second-order valence-corrected chi connectivity index (χ2v) is 8.92. The summed E-state index contributed by atoms with van der Waals surface area (Å²) in [7, 11) is -3.64. The molecule has 0 atom stereocenters. The lowest BCUT2D eigenvalue weighted by Gasteiger charge is -2.26. The summed E-state index contributed by atoms with van der Waals surface area (Å²) in [6, 6.07) is 11.9. The maximum Gasteiger partial charge on any atom is 0.254 e. The molecule has 1 saturated heterocycles. The average molecular weight is 415 g/mol. The maximum atomic E-state index is 13.1. The van der Waals surface area contributed by atoms with Gasteiger partial charge in [-0.25, -0.2) is 12.8 Å². The summed E-state index contributed by atoms with van der Waals surface area (Å²) in [5, 5.41) is 0. The van der Waals surface area contributed by atoms with Gasteiger partial charge in [0.1, 0.15) is 5.82 Å². The van der Waals surface area contributed by atoms with Gasteiger partial charge >= 0.3 is 0 Å². The molecule has 0 unspecified atom stereocenters. The van der Waals surface area contributed by atoms with Gasteiger partial charge in [-0.05, 0) is 48.7 Å². The largest absolute Gasteiger partial charge is 0.323 e. The molecule has 1 aliphatic rings. The topological polar surface area (TPSA) is 57.7 Å². The van der Waals surface area contributed by atoms with E-state index in [0.29, 0.717) is 13.1 Å². The van der Waals surface area contributed by atoms with E-state index in [1.54, 1.807) is 24.3 Å². The molecule has 29 heavy (non-hydrogen) atoms. The number of hydrogen-bond donors (Lipinski definition) is 0. The smallest absolute Gasteiger partial charge is 0.254 e. The molecular formula is C22H23FN2O3S. The first kappa shape index (κ1) is 21.0. The molecule has 7 heteroatoms. The highest BCUT2D eigenvalue weighted by Gasteiger charge is 2.27. The number of halogens is 1. The Labute approximate surface area is 171 Å². The number of carbonyl (C=O) groups is 1. The lowest BCUT2D eigenvalue weighted by molar-refractivity contribution is 0.0765. The molecule has 0 spiro atoms. The highest BCUT2D eigenvalue weighted by Crippen LogP contribution is 2.22. The average Bonchev–Trinajstić information content (AvgIpc) is 2.75. The highest BCUT2D eigenvalue weighted by atomic mass is 32.2. The van der Waals surface area contributed by atoms with Crippen molar-refractivity contribution in [1.82, 2.24) is 9.21 Å². The maximum absolute atomic E-state index is 13.1. The molecule has 0 aromatic heterocycles. The third-order valence-electron chi connectivity index (χ3n) is 4.89. The number of benzene rings is 2. The summed E-state index contributed by atoms with van der Waals surface area (Å²) in [6.45, 7) is 1.24. The molecule has 5 nitrogen and oxygen atoms in total. The van der Waals surface area contributed by atoms with E-state index in [0.717, 1.165) is 24.8 Å². The predicted molar refractivity (Wildman–Crippen MR) is 109 cm³/mol. The van der Waals surface area contributed by atoms with E-state index >= 15 is 0 Å². The molecule has 0 N–H and O–H groups in total. The Balaban J connectivity index is 1.84. The van der Waals surface area contributed by atoms with Gasteiger partial charge in [-0.1, -0.05) is 30.5 Å². The van der Waals surface area contributed by atoms with Crippen molar-refractivity contribution in [1.29, 1.82) is 0 Å². The lowest BCUT2D eigenvalue weighted by atomic mass is 10.1. The first-order chi connectivity index (χ1) is 13.9. The van der Waals surface area contributed by atoms with Crippen LogP contribution in [0.3, 0.4) is 0 Å². The van der Waals surface area contributed by atoms with Crippen molar-refractivity contribution >= 4 is 15.9 Å². The molecule has 0 radical (unpaired) electrons. The number of carbonyl (C=O) groups excluding carboxylic acids is 1. The second-order valence-electron chi connectivity index (χ2n) is 6.98.